The number of hydrogen-bond donors (Lipinski definition) is 1. The van der Waals surface area contributed by atoms with E-state index in [0.29, 0.717) is 19.7 Å². The number of carbonyl (C=O) groups excluding carboxylic acids is 1. The first-order valence-corrected chi connectivity index (χ1v) is 5.81. The number of methoxy groups -OCH3 is 2. The Labute approximate surface area is 107 Å². The Bertz CT molecular complexity index is 364. The maximum atomic E-state index is 10.7. The van der Waals surface area contributed by atoms with Gasteiger partial charge in [0.15, 0.2) is 0 Å². The van der Waals surface area contributed by atoms with Crippen molar-refractivity contribution in [2.24, 2.45) is 0 Å². The number of benzene rings is 1. The molecule has 0 heterocycles. The topological polar surface area (TPSA) is 63.0 Å². The van der Waals surface area contributed by atoms with Crippen LogP contribution in [0.3, 0.4) is 0 Å². The van der Waals surface area contributed by atoms with Crippen molar-refractivity contribution in [3.8, 4) is 5.75 Å². The van der Waals surface area contributed by atoms with Crippen LogP contribution in [0.1, 0.15) is 5.56 Å². The summed E-state index contributed by atoms with van der Waals surface area (Å²) in [5.74, 6) is -0.258. The lowest BCUT2D eigenvalue weighted by Crippen LogP contribution is -3.12. The number of carbonyl (C=O) groups is 1. The summed E-state index contributed by atoms with van der Waals surface area (Å²) < 4.78 is 10.0. The molecule has 0 bridgehead atoms. The van der Waals surface area contributed by atoms with Gasteiger partial charge in [0.2, 0.25) is 0 Å². The van der Waals surface area contributed by atoms with Gasteiger partial charge in [0, 0.05) is 12.7 Å². The van der Waals surface area contributed by atoms with Crippen LogP contribution < -0.4 is 14.7 Å². The van der Waals surface area contributed by atoms with Gasteiger partial charge in [-0.25, -0.2) is 0 Å². The van der Waals surface area contributed by atoms with Gasteiger partial charge in [-0.2, -0.15) is 0 Å². The van der Waals surface area contributed by atoms with Crippen LogP contribution in [0, 0.1) is 0 Å². The Balaban J connectivity index is 2.59. The van der Waals surface area contributed by atoms with Crippen molar-refractivity contribution in [3.05, 3.63) is 29.8 Å². The van der Waals surface area contributed by atoms with E-state index in [0.717, 1.165) is 16.2 Å². The van der Waals surface area contributed by atoms with Crippen molar-refractivity contribution in [1.82, 2.24) is 0 Å². The number of hydrogen-bond acceptors (Lipinski definition) is 4. The second-order valence-corrected chi connectivity index (χ2v) is 4.07. The van der Waals surface area contributed by atoms with Crippen molar-refractivity contribution < 1.29 is 24.3 Å². The summed E-state index contributed by atoms with van der Waals surface area (Å²) >= 11 is 0. The number of carboxylic acids is 1. The van der Waals surface area contributed by atoms with Gasteiger partial charge >= 0.3 is 0 Å². The maximum Gasteiger partial charge on any atom is 0.118 e. The highest BCUT2D eigenvalue weighted by molar-refractivity contribution is 5.65. The minimum absolute atomic E-state index is 0.0185. The molecule has 1 aromatic carbocycles. The fourth-order valence-corrected chi connectivity index (χ4v) is 1.72. The van der Waals surface area contributed by atoms with E-state index in [1.807, 2.05) is 24.3 Å². The van der Waals surface area contributed by atoms with Crippen LogP contribution >= 0.6 is 0 Å². The number of quaternary nitrogens is 1. The predicted octanol–water partition coefficient (Wildman–Crippen LogP) is -1.52. The monoisotopic (exact) mass is 253 g/mol. The van der Waals surface area contributed by atoms with E-state index in [2.05, 4.69) is 0 Å². The zero-order valence-electron chi connectivity index (χ0n) is 10.8. The fraction of sp³-hybridized carbons (Fsp3) is 0.462. The molecule has 0 radical (unpaired) electrons. The third-order valence-corrected chi connectivity index (χ3v) is 2.67. The van der Waals surface area contributed by atoms with Gasteiger partial charge in [0.05, 0.1) is 19.7 Å². The molecule has 0 aliphatic heterocycles. The highest BCUT2D eigenvalue weighted by Gasteiger charge is 2.09. The summed E-state index contributed by atoms with van der Waals surface area (Å²) in [5, 5.41) is 10.7. The van der Waals surface area contributed by atoms with E-state index in [9.17, 15) is 9.90 Å². The molecule has 5 heteroatoms. The van der Waals surface area contributed by atoms with Gasteiger partial charge in [-0.05, 0) is 24.3 Å². The molecule has 1 rings (SSSR count). The molecule has 1 N–H and O–H groups in total. The van der Waals surface area contributed by atoms with Gasteiger partial charge in [-0.3, -0.25) is 0 Å². The predicted molar refractivity (Wildman–Crippen MR) is 64.3 cm³/mol. The highest BCUT2D eigenvalue weighted by atomic mass is 16.5. The van der Waals surface area contributed by atoms with Gasteiger partial charge < -0.3 is 24.3 Å². The number of ether oxygens (including phenoxy) is 2. The second-order valence-electron chi connectivity index (χ2n) is 4.07. The Hall–Kier alpha value is -1.59. The lowest BCUT2D eigenvalue weighted by atomic mass is 10.2. The molecule has 0 spiro atoms. The Morgan fingerprint density at radius 1 is 1.28 bits per heavy atom. The third-order valence-electron chi connectivity index (χ3n) is 2.67. The number of nitrogens with one attached hydrogen (secondary N) is 1. The van der Waals surface area contributed by atoms with Crippen LogP contribution in [0.4, 0.5) is 0 Å². The summed E-state index contributed by atoms with van der Waals surface area (Å²) in [7, 11) is 3.21. The van der Waals surface area contributed by atoms with E-state index >= 15 is 0 Å². The Morgan fingerprint density at radius 3 is 2.44 bits per heavy atom. The van der Waals surface area contributed by atoms with Crippen molar-refractivity contribution in [1.29, 1.82) is 0 Å². The zero-order chi connectivity index (χ0) is 13.4. The van der Waals surface area contributed by atoms with Crippen LogP contribution in [0.25, 0.3) is 0 Å². The van der Waals surface area contributed by atoms with Crippen LogP contribution in [0.15, 0.2) is 24.3 Å². The minimum atomic E-state index is -1.05. The average molecular weight is 253 g/mol. The van der Waals surface area contributed by atoms with Crippen LogP contribution in [-0.2, 0) is 16.1 Å². The Kier molecular flexibility index (Phi) is 6.18. The van der Waals surface area contributed by atoms with Crippen molar-refractivity contribution in [2.75, 3.05) is 33.9 Å². The molecule has 1 aromatic rings. The van der Waals surface area contributed by atoms with Crippen molar-refractivity contribution in [3.63, 3.8) is 0 Å². The third kappa shape index (κ3) is 5.16. The number of aliphatic carboxylic acids is 1. The van der Waals surface area contributed by atoms with E-state index < -0.39 is 5.97 Å². The second kappa shape index (κ2) is 7.68. The minimum Gasteiger partial charge on any atom is -0.544 e. The molecule has 0 aliphatic carbocycles. The molecule has 5 nitrogen and oxygen atoms in total. The fourth-order valence-electron chi connectivity index (χ4n) is 1.72. The van der Waals surface area contributed by atoms with Crippen LogP contribution in [0.2, 0.25) is 0 Å². The summed E-state index contributed by atoms with van der Waals surface area (Å²) in [5.41, 5.74) is 1.06. The summed E-state index contributed by atoms with van der Waals surface area (Å²) in [6.45, 7) is 1.77. The normalized spacial score (nSPS) is 12.1. The molecular weight excluding hydrogens is 234 g/mol. The zero-order valence-corrected chi connectivity index (χ0v) is 10.8. The highest BCUT2D eigenvalue weighted by Crippen LogP contribution is 2.10. The first-order valence-electron chi connectivity index (χ1n) is 5.81. The smallest absolute Gasteiger partial charge is 0.118 e. The maximum absolute atomic E-state index is 10.7. The quantitative estimate of drug-likeness (QED) is 0.611. The molecular formula is C13H19NO4. The molecule has 0 saturated heterocycles. The van der Waals surface area contributed by atoms with Gasteiger partial charge in [0.1, 0.15) is 25.4 Å². The van der Waals surface area contributed by atoms with Crippen molar-refractivity contribution >= 4 is 5.97 Å². The van der Waals surface area contributed by atoms with Gasteiger partial charge in [-0.1, -0.05) is 0 Å². The van der Waals surface area contributed by atoms with Gasteiger partial charge in [-0.15, -0.1) is 0 Å². The first-order chi connectivity index (χ1) is 8.65. The van der Waals surface area contributed by atoms with E-state index in [-0.39, 0.29) is 6.54 Å². The molecule has 100 valence electrons. The van der Waals surface area contributed by atoms with Crippen molar-refractivity contribution in [2.45, 2.75) is 6.54 Å². The molecule has 1 atom stereocenters. The molecule has 0 amide bonds. The van der Waals surface area contributed by atoms with Crippen LogP contribution in [0.5, 0.6) is 5.75 Å². The summed E-state index contributed by atoms with van der Waals surface area (Å²) in [6, 6.07) is 7.59. The molecule has 0 fully saturated rings. The number of carboxylic acid groups (broad SMARTS) is 1. The summed E-state index contributed by atoms with van der Waals surface area (Å²) in [4.78, 5) is 11.6. The molecule has 18 heavy (non-hydrogen) atoms. The SMILES string of the molecule is COCC[NH+](CC(=O)[O-])Cc1ccc(OC)cc1. The largest absolute Gasteiger partial charge is 0.544 e. The van der Waals surface area contributed by atoms with E-state index in [1.165, 1.54) is 0 Å². The first kappa shape index (κ1) is 14.5. The molecule has 0 aliphatic rings. The van der Waals surface area contributed by atoms with E-state index in [4.69, 9.17) is 9.47 Å². The van der Waals surface area contributed by atoms with Gasteiger partial charge in [0.25, 0.3) is 0 Å². The molecule has 1 unspecified atom stereocenters. The lowest BCUT2D eigenvalue weighted by molar-refractivity contribution is -0.908. The lowest BCUT2D eigenvalue weighted by Gasteiger charge is -2.19. The van der Waals surface area contributed by atoms with Crippen LogP contribution in [-0.4, -0.2) is 39.9 Å². The number of rotatable bonds is 8. The molecule has 0 saturated carbocycles. The Morgan fingerprint density at radius 2 is 1.94 bits per heavy atom. The molecule has 0 aromatic heterocycles. The van der Waals surface area contributed by atoms with E-state index in [1.54, 1.807) is 14.2 Å². The average Bonchev–Trinajstić information content (AvgIpc) is 2.36. The summed E-state index contributed by atoms with van der Waals surface area (Å²) in [6.07, 6.45) is 0. The standard InChI is InChI=1S/C13H19NO4/c1-17-8-7-14(10-13(15)16)9-11-3-5-12(18-2)6-4-11/h3-6H,7-10H2,1-2H3,(H,15,16).